The maximum Gasteiger partial charge on any atom is 0.308 e. The van der Waals surface area contributed by atoms with E-state index in [4.69, 9.17) is 9.47 Å². The fourth-order valence-electron chi connectivity index (χ4n) is 6.94. The molecule has 1 aliphatic heterocycles. The van der Waals surface area contributed by atoms with Crippen LogP contribution in [0.15, 0.2) is 48.5 Å². The van der Waals surface area contributed by atoms with Gasteiger partial charge in [0.05, 0.1) is 24.8 Å². The Labute approximate surface area is 336 Å². The summed E-state index contributed by atoms with van der Waals surface area (Å²) in [5.74, 6) is 21.3. The first-order valence-corrected chi connectivity index (χ1v) is 20.7. The predicted molar refractivity (Wildman–Crippen MR) is 222 cm³/mol. The Morgan fingerprint density at radius 1 is 0.696 bits per heavy atom. The second kappa shape index (κ2) is 22.8. The largest absolute Gasteiger partial charge is 0.465 e. The van der Waals surface area contributed by atoms with Crippen LogP contribution in [-0.2, 0) is 35.2 Å². The number of nitrogens with zero attached hydrogens (tertiary/aromatic N) is 1. The minimum absolute atomic E-state index is 0.00494. The molecule has 1 fully saturated rings. The van der Waals surface area contributed by atoms with E-state index in [0.717, 1.165) is 66.3 Å². The third-order valence-electron chi connectivity index (χ3n) is 10.7. The number of hydrogen-bond acceptors (Lipinski definition) is 6. The average Bonchev–Trinajstić information content (AvgIpc) is 3.81. The topological polar surface area (TPSA) is 90.0 Å². The van der Waals surface area contributed by atoms with Gasteiger partial charge in [0.2, 0.25) is 5.91 Å². The Hall–Kier alpha value is -4.64. The van der Waals surface area contributed by atoms with E-state index in [1.54, 1.807) is 4.90 Å². The van der Waals surface area contributed by atoms with Crippen molar-refractivity contribution in [2.75, 3.05) is 18.1 Å². The van der Waals surface area contributed by atoms with Crippen LogP contribution in [0.25, 0.3) is 0 Å². The van der Waals surface area contributed by atoms with E-state index in [0.29, 0.717) is 19.1 Å². The zero-order chi connectivity index (χ0) is 40.5. The van der Waals surface area contributed by atoms with Crippen molar-refractivity contribution in [3.05, 3.63) is 65.2 Å². The molecule has 0 saturated heterocycles. The van der Waals surface area contributed by atoms with E-state index in [1.807, 2.05) is 90.1 Å². The van der Waals surface area contributed by atoms with Crippen molar-refractivity contribution in [1.82, 2.24) is 0 Å². The maximum absolute atomic E-state index is 12.9. The number of ketones is 2. The first-order chi connectivity index (χ1) is 27.0. The number of rotatable bonds is 11. The van der Waals surface area contributed by atoms with E-state index in [1.165, 1.54) is 25.7 Å². The van der Waals surface area contributed by atoms with Gasteiger partial charge in [-0.25, -0.2) is 0 Å². The number of hydrogen-bond donors (Lipinski definition) is 0. The number of fused-ring (bicyclic) bond motifs is 3. The van der Waals surface area contributed by atoms with Gasteiger partial charge >= 0.3 is 5.97 Å². The maximum atomic E-state index is 12.9. The Morgan fingerprint density at radius 2 is 1.34 bits per heavy atom. The second-order valence-corrected chi connectivity index (χ2v) is 16.1. The third-order valence-corrected chi connectivity index (χ3v) is 10.7. The van der Waals surface area contributed by atoms with Crippen LogP contribution in [0.2, 0.25) is 0 Å². The molecule has 1 amide bonds. The summed E-state index contributed by atoms with van der Waals surface area (Å²) in [4.78, 5) is 49.3. The average molecular weight is 760 g/mol. The van der Waals surface area contributed by atoms with Crippen molar-refractivity contribution in [3.63, 3.8) is 0 Å². The van der Waals surface area contributed by atoms with E-state index in [-0.39, 0.29) is 66.7 Å². The van der Waals surface area contributed by atoms with E-state index in [2.05, 4.69) is 35.5 Å². The molecular formula is C49H61NO6. The molecule has 7 nitrogen and oxygen atoms in total. The molecule has 6 rings (SSSR count). The lowest BCUT2D eigenvalue weighted by molar-refractivity contribution is -0.148. The summed E-state index contributed by atoms with van der Waals surface area (Å²) in [5.41, 5.74) is 3.60. The Kier molecular flexibility index (Phi) is 17.9. The minimum Gasteiger partial charge on any atom is -0.465 e. The summed E-state index contributed by atoms with van der Waals surface area (Å²) in [6.07, 6.45) is 10.5. The fraction of sp³-hybridized carbons (Fsp3) is 0.551. The van der Waals surface area contributed by atoms with Crippen molar-refractivity contribution in [1.29, 1.82) is 0 Å². The molecule has 3 atom stereocenters. The molecule has 7 heteroatoms. The lowest BCUT2D eigenvalue weighted by atomic mass is 10.0. The lowest BCUT2D eigenvalue weighted by Gasteiger charge is -2.26. The Balaban J connectivity index is 0.000000196. The SMILES string of the molecule is CC(C)C(=O)CCC(=O)N1Cc2ccccc2C#Cc2ccccc21.CC(C)C(=O)COC1C#CCCCCC1.CC(C)C(=O)OCC1C2CCC#CCCC21. The van der Waals surface area contributed by atoms with Crippen LogP contribution in [0.1, 0.15) is 129 Å². The fourth-order valence-corrected chi connectivity index (χ4v) is 6.94. The standard InChI is InChI=1S/C22H21NO2.C14H20O2.C13H20O2/c1-16(2)21(24)13-14-22(25)23-15-19-9-4-3-7-17(19)11-12-18-8-5-6-10-20(18)23;1-10(2)14(15)16-9-13-11-7-5-3-4-6-8-12(11)13;1-11(2)13(14)10-15-12-8-6-4-3-5-7-9-12/h3-10,16H,13-15H2,1-2H3;10-13H,5-9H2,1-2H3;11-12H,3-6,8,10H2,1-2H3. The Morgan fingerprint density at radius 3 is 2.02 bits per heavy atom. The second-order valence-electron chi connectivity index (χ2n) is 16.1. The first-order valence-electron chi connectivity index (χ1n) is 20.7. The van der Waals surface area contributed by atoms with Crippen LogP contribution in [0.5, 0.6) is 0 Å². The quantitative estimate of drug-likeness (QED) is 0.168. The number of para-hydroxylation sites is 1. The number of anilines is 1. The molecule has 0 N–H and O–H groups in total. The van der Waals surface area contributed by atoms with Crippen LogP contribution in [0, 0.1) is 71.0 Å². The minimum atomic E-state index is -0.0597. The number of benzene rings is 2. The molecular weight excluding hydrogens is 699 g/mol. The summed E-state index contributed by atoms with van der Waals surface area (Å²) in [5, 5.41) is 0. The van der Waals surface area contributed by atoms with Crippen molar-refractivity contribution in [3.8, 4) is 35.5 Å². The van der Waals surface area contributed by atoms with Crippen molar-refractivity contribution >= 4 is 29.1 Å². The summed E-state index contributed by atoms with van der Waals surface area (Å²) >= 11 is 0. The van der Waals surface area contributed by atoms with Crippen LogP contribution >= 0.6 is 0 Å². The molecule has 0 spiro atoms. The summed E-state index contributed by atoms with van der Waals surface area (Å²) in [7, 11) is 0. The molecule has 298 valence electrons. The van der Waals surface area contributed by atoms with Gasteiger partial charge < -0.3 is 14.4 Å². The molecule has 0 radical (unpaired) electrons. The lowest BCUT2D eigenvalue weighted by Crippen LogP contribution is -2.32. The summed E-state index contributed by atoms with van der Waals surface area (Å²) < 4.78 is 10.8. The summed E-state index contributed by atoms with van der Waals surface area (Å²) in [6, 6.07) is 15.6. The smallest absolute Gasteiger partial charge is 0.308 e. The molecule has 0 aromatic heterocycles. The molecule has 56 heavy (non-hydrogen) atoms. The van der Waals surface area contributed by atoms with Gasteiger partial charge in [-0.1, -0.05) is 96.1 Å². The molecule has 3 unspecified atom stereocenters. The van der Waals surface area contributed by atoms with Crippen molar-refractivity contribution in [2.24, 2.45) is 35.5 Å². The highest BCUT2D eigenvalue weighted by Crippen LogP contribution is 2.52. The van der Waals surface area contributed by atoms with Crippen LogP contribution in [0.4, 0.5) is 5.69 Å². The zero-order valence-electron chi connectivity index (χ0n) is 34.5. The number of Topliss-reactive ketones (excluding diaryl/α,β-unsaturated/α-hetero) is 2. The van der Waals surface area contributed by atoms with Gasteiger partial charge in [0.15, 0.2) is 5.78 Å². The van der Waals surface area contributed by atoms with Gasteiger partial charge in [-0.05, 0) is 73.6 Å². The third kappa shape index (κ3) is 14.1. The van der Waals surface area contributed by atoms with Gasteiger partial charge in [0, 0.05) is 55.1 Å². The highest BCUT2D eigenvalue weighted by molar-refractivity contribution is 5.97. The molecule has 4 aliphatic rings. The van der Waals surface area contributed by atoms with E-state index in [9.17, 15) is 19.2 Å². The van der Waals surface area contributed by atoms with Gasteiger partial charge in [0.1, 0.15) is 18.5 Å². The number of esters is 1. The van der Waals surface area contributed by atoms with E-state index < -0.39 is 0 Å². The molecule has 1 saturated carbocycles. The number of carbonyl (C=O) groups is 4. The number of carbonyl (C=O) groups excluding carboxylic acids is 4. The first kappa shape index (κ1) is 44.1. The molecule has 2 aromatic carbocycles. The molecule has 0 bridgehead atoms. The van der Waals surface area contributed by atoms with E-state index >= 15 is 0 Å². The highest BCUT2D eigenvalue weighted by atomic mass is 16.5. The van der Waals surface area contributed by atoms with Crippen LogP contribution in [0.3, 0.4) is 0 Å². The van der Waals surface area contributed by atoms with Gasteiger partial charge in [0.25, 0.3) is 0 Å². The number of ether oxygens (including phenoxy) is 2. The molecule has 3 aliphatic carbocycles. The monoisotopic (exact) mass is 759 g/mol. The van der Waals surface area contributed by atoms with Crippen LogP contribution in [-0.4, -0.2) is 42.8 Å². The van der Waals surface area contributed by atoms with Crippen LogP contribution < -0.4 is 4.90 Å². The van der Waals surface area contributed by atoms with Crippen molar-refractivity contribution in [2.45, 2.75) is 125 Å². The normalized spacial score (nSPS) is 20.3. The van der Waals surface area contributed by atoms with Gasteiger partial charge in [-0.3, -0.25) is 19.2 Å². The Bertz CT molecular complexity index is 1820. The summed E-state index contributed by atoms with van der Waals surface area (Å²) in [6.45, 7) is 12.6. The van der Waals surface area contributed by atoms with Gasteiger partial charge in [-0.2, -0.15) is 0 Å². The zero-order valence-corrected chi connectivity index (χ0v) is 34.5. The number of amides is 1. The predicted octanol–water partition coefficient (Wildman–Crippen LogP) is 9.13. The van der Waals surface area contributed by atoms with Gasteiger partial charge in [-0.15, -0.1) is 17.8 Å². The molecule has 2 aromatic rings. The highest BCUT2D eigenvalue weighted by Gasteiger charge is 2.49. The van der Waals surface area contributed by atoms with Crippen molar-refractivity contribution < 1.29 is 28.7 Å². The molecule has 1 heterocycles.